The van der Waals surface area contributed by atoms with Gasteiger partial charge in [0.25, 0.3) is 0 Å². The highest BCUT2D eigenvalue weighted by atomic mass is 35.5. The second-order valence-electron chi connectivity index (χ2n) is 5.01. The number of hydrogen-bond donors (Lipinski definition) is 2. The monoisotopic (exact) mass is 344 g/mol. The molecule has 0 saturated heterocycles. The Morgan fingerprint density at radius 2 is 1.83 bits per heavy atom. The molecule has 116 valence electrons. The van der Waals surface area contributed by atoms with Gasteiger partial charge in [-0.15, -0.1) is 0 Å². The molecule has 4 nitrogen and oxygen atoms in total. The Bertz CT molecular complexity index is 836. The lowest BCUT2D eigenvalue weighted by atomic mass is 10.2. The van der Waals surface area contributed by atoms with E-state index in [1.54, 1.807) is 30.5 Å². The van der Waals surface area contributed by atoms with Crippen molar-refractivity contribution in [2.75, 3.05) is 10.6 Å². The number of aromatic nitrogens is 2. The van der Waals surface area contributed by atoms with Gasteiger partial charge >= 0.3 is 0 Å². The highest BCUT2D eigenvalue weighted by molar-refractivity contribution is 6.36. The lowest BCUT2D eigenvalue weighted by Gasteiger charge is -2.10. The van der Waals surface area contributed by atoms with Crippen LogP contribution in [0.15, 0.2) is 54.7 Å². The highest BCUT2D eigenvalue weighted by Crippen LogP contribution is 2.28. The van der Waals surface area contributed by atoms with Gasteiger partial charge in [0.05, 0.1) is 10.7 Å². The maximum Gasteiger partial charge on any atom is 0.229 e. The van der Waals surface area contributed by atoms with Crippen LogP contribution in [0.3, 0.4) is 0 Å². The maximum atomic E-state index is 6.16. The first-order chi connectivity index (χ1) is 11.1. The van der Waals surface area contributed by atoms with Crippen LogP contribution in [-0.4, -0.2) is 9.97 Å². The second-order valence-corrected chi connectivity index (χ2v) is 5.85. The van der Waals surface area contributed by atoms with Gasteiger partial charge in [-0.3, -0.25) is 0 Å². The van der Waals surface area contributed by atoms with E-state index >= 15 is 0 Å². The third-order valence-electron chi connectivity index (χ3n) is 3.12. The van der Waals surface area contributed by atoms with E-state index in [2.05, 4.69) is 20.6 Å². The molecule has 0 atom stereocenters. The Morgan fingerprint density at radius 3 is 2.61 bits per heavy atom. The largest absolute Gasteiger partial charge is 0.339 e. The van der Waals surface area contributed by atoms with E-state index in [0.717, 1.165) is 16.9 Å². The first kappa shape index (κ1) is 15.6. The molecule has 0 aliphatic carbocycles. The number of hydrogen-bond acceptors (Lipinski definition) is 4. The van der Waals surface area contributed by atoms with Crippen LogP contribution in [-0.2, 0) is 0 Å². The number of nitrogens with one attached hydrogen (secondary N) is 2. The lowest BCUT2D eigenvalue weighted by molar-refractivity contribution is 1.16. The summed E-state index contributed by atoms with van der Waals surface area (Å²) in [5.41, 5.74) is 2.83. The molecule has 0 fully saturated rings. The molecule has 2 N–H and O–H groups in total. The first-order valence-corrected chi connectivity index (χ1v) is 7.74. The minimum atomic E-state index is 0.505. The van der Waals surface area contributed by atoms with Crippen molar-refractivity contribution in [2.24, 2.45) is 0 Å². The standard InChI is InChI=1S/C17H14Cl2N4/c1-11-3-2-4-13(9-11)21-17-20-8-7-16(23-17)22-15-6-5-12(18)10-14(15)19/h2-10H,1H3,(H2,20,21,22,23). The number of rotatable bonds is 4. The summed E-state index contributed by atoms with van der Waals surface area (Å²) in [7, 11) is 0. The molecule has 0 spiro atoms. The first-order valence-electron chi connectivity index (χ1n) is 6.99. The molecule has 3 rings (SSSR count). The number of anilines is 4. The van der Waals surface area contributed by atoms with E-state index in [1.807, 2.05) is 31.2 Å². The van der Waals surface area contributed by atoms with Gasteiger partial charge in [-0.05, 0) is 48.9 Å². The summed E-state index contributed by atoms with van der Waals surface area (Å²) in [6.07, 6.45) is 1.68. The summed E-state index contributed by atoms with van der Waals surface area (Å²) in [5.74, 6) is 1.14. The van der Waals surface area contributed by atoms with Crippen LogP contribution in [0, 0.1) is 6.92 Å². The Labute approximate surface area is 144 Å². The van der Waals surface area contributed by atoms with Crippen LogP contribution in [0.4, 0.5) is 23.1 Å². The molecule has 3 aromatic rings. The van der Waals surface area contributed by atoms with Crippen molar-refractivity contribution in [1.29, 1.82) is 0 Å². The van der Waals surface area contributed by atoms with E-state index in [4.69, 9.17) is 23.2 Å². The molecule has 0 bridgehead atoms. The van der Waals surface area contributed by atoms with Crippen LogP contribution in [0.5, 0.6) is 0 Å². The summed E-state index contributed by atoms with van der Waals surface area (Å²) in [5, 5.41) is 7.45. The molecule has 23 heavy (non-hydrogen) atoms. The highest BCUT2D eigenvalue weighted by Gasteiger charge is 2.04. The van der Waals surface area contributed by atoms with Gasteiger partial charge in [-0.1, -0.05) is 35.3 Å². The molecule has 1 heterocycles. The van der Waals surface area contributed by atoms with Crippen LogP contribution >= 0.6 is 23.2 Å². The summed E-state index contributed by atoms with van der Waals surface area (Å²) >= 11 is 12.1. The van der Waals surface area contributed by atoms with Crippen molar-refractivity contribution < 1.29 is 0 Å². The minimum Gasteiger partial charge on any atom is -0.339 e. The molecule has 0 aliphatic heterocycles. The molecule has 2 aromatic carbocycles. The van der Waals surface area contributed by atoms with Crippen molar-refractivity contribution >= 4 is 46.3 Å². The van der Waals surface area contributed by atoms with E-state index in [-0.39, 0.29) is 0 Å². The zero-order valence-corrected chi connectivity index (χ0v) is 13.9. The molecular weight excluding hydrogens is 331 g/mol. The number of nitrogens with zero attached hydrogens (tertiary/aromatic N) is 2. The molecule has 6 heteroatoms. The Hall–Kier alpha value is -2.30. The Kier molecular flexibility index (Phi) is 4.65. The second kappa shape index (κ2) is 6.86. The summed E-state index contributed by atoms with van der Waals surface area (Å²) in [6.45, 7) is 2.03. The maximum absolute atomic E-state index is 6.16. The normalized spacial score (nSPS) is 10.4. The van der Waals surface area contributed by atoms with Crippen molar-refractivity contribution in [1.82, 2.24) is 9.97 Å². The van der Waals surface area contributed by atoms with E-state index in [9.17, 15) is 0 Å². The van der Waals surface area contributed by atoms with Gasteiger partial charge < -0.3 is 10.6 Å². The van der Waals surface area contributed by atoms with Gasteiger partial charge in [0.15, 0.2) is 0 Å². The zero-order valence-electron chi connectivity index (χ0n) is 12.3. The Morgan fingerprint density at radius 1 is 0.957 bits per heavy atom. The molecule has 0 unspecified atom stereocenters. The molecule has 0 radical (unpaired) electrons. The molecule has 0 aliphatic rings. The average Bonchev–Trinajstić information content (AvgIpc) is 2.51. The molecule has 0 saturated carbocycles. The van der Waals surface area contributed by atoms with Crippen molar-refractivity contribution in [2.45, 2.75) is 6.92 Å². The minimum absolute atomic E-state index is 0.505. The van der Waals surface area contributed by atoms with Crippen LogP contribution in [0.2, 0.25) is 10.0 Å². The lowest BCUT2D eigenvalue weighted by Crippen LogP contribution is -2.00. The SMILES string of the molecule is Cc1cccc(Nc2nccc(Nc3ccc(Cl)cc3Cl)n2)c1. The Balaban J connectivity index is 1.79. The molecule has 0 amide bonds. The predicted molar refractivity (Wildman–Crippen MR) is 96.2 cm³/mol. The van der Waals surface area contributed by atoms with E-state index in [1.165, 1.54) is 0 Å². The van der Waals surface area contributed by atoms with Crippen molar-refractivity contribution in [3.63, 3.8) is 0 Å². The predicted octanol–water partition coefficient (Wildman–Crippen LogP) is 5.58. The topological polar surface area (TPSA) is 49.8 Å². The zero-order chi connectivity index (χ0) is 16.2. The van der Waals surface area contributed by atoms with E-state index < -0.39 is 0 Å². The van der Waals surface area contributed by atoms with Crippen molar-refractivity contribution in [3.05, 3.63) is 70.3 Å². The van der Waals surface area contributed by atoms with Crippen LogP contribution < -0.4 is 10.6 Å². The summed E-state index contributed by atoms with van der Waals surface area (Å²) in [4.78, 5) is 8.66. The molecule has 1 aromatic heterocycles. The fourth-order valence-electron chi connectivity index (χ4n) is 2.07. The number of aryl methyl sites for hydroxylation is 1. The smallest absolute Gasteiger partial charge is 0.229 e. The third-order valence-corrected chi connectivity index (χ3v) is 3.67. The van der Waals surface area contributed by atoms with Gasteiger partial charge in [-0.2, -0.15) is 4.98 Å². The summed E-state index contributed by atoms with van der Waals surface area (Å²) in [6, 6.07) is 15.0. The van der Waals surface area contributed by atoms with Crippen molar-refractivity contribution in [3.8, 4) is 0 Å². The summed E-state index contributed by atoms with van der Waals surface area (Å²) < 4.78 is 0. The van der Waals surface area contributed by atoms with Gasteiger partial charge in [0.1, 0.15) is 5.82 Å². The fraction of sp³-hybridized carbons (Fsp3) is 0.0588. The van der Waals surface area contributed by atoms with Gasteiger partial charge in [0, 0.05) is 16.9 Å². The quantitative estimate of drug-likeness (QED) is 0.648. The molecular formula is C17H14Cl2N4. The average molecular weight is 345 g/mol. The van der Waals surface area contributed by atoms with Crippen LogP contribution in [0.1, 0.15) is 5.56 Å². The van der Waals surface area contributed by atoms with Gasteiger partial charge in [-0.25, -0.2) is 4.98 Å². The number of halogens is 2. The fourth-order valence-corrected chi connectivity index (χ4v) is 2.53. The third kappa shape index (κ3) is 4.12. The van der Waals surface area contributed by atoms with Crippen LogP contribution in [0.25, 0.3) is 0 Å². The van der Waals surface area contributed by atoms with Gasteiger partial charge in [0.2, 0.25) is 5.95 Å². The number of benzene rings is 2. The van der Waals surface area contributed by atoms with E-state index in [0.29, 0.717) is 21.8 Å².